The summed E-state index contributed by atoms with van der Waals surface area (Å²) in [5.41, 5.74) is 2.25. The van der Waals surface area contributed by atoms with Crippen molar-refractivity contribution in [2.75, 3.05) is 32.1 Å². The molecule has 1 N–H and O–H groups in total. The fourth-order valence-corrected chi connectivity index (χ4v) is 3.76. The molecule has 1 heterocycles. The predicted octanol–water partition coefficient (Wildman–Crippen LogP) is 4.15. The lowest BCUT2D eigenvalue weighted by atomic mass is 10.1. The third kappa shape index (κ3) is 2.94. The number of anilines is 2. The van der Waals surface area contributed by atoms with Crippen LogP contribution in [0.1, 0.15) is 11.0 Å². The van der Waals surface area contributed by atoms with Crippen molar-refractivity contribution in [1.82, 2.24) is 5.32 Å². The first-order chi connectivity index (χ1) is 11.9. The second kappa shape index (κ2) is 6.63. The Hall–Kier alpha value is -1.65. The lowest BCUT2D eigenvalue weighted by Crippen LogP contribution is -2.30. The van der Waals surface area contributed by atoms with E-state index in [0.29, 0.717) is 6.54 Å². The Bertz CT molecular complexity index is 751. The second-order valence-corrected chi connectivity index (χ2v) is 6.58. The molecule has 2 aromatic carbocycles. The molecule has 1 aliphatic rings. The third-order valence-corrected chi connectivity index (χ3v) is 4.91. The predicted molar refractivity (Wildman–Crippen MR) is 93.7 cm³/mol. The number of nitrogens with one attached hydrogen (secondary N) is 1. The van der Waals surface area contributed by atoms with Gasteiger partial charge in [0.2, 0.25) is 0 Å². The van der Waals surface area contributed by atoms with Crippen LogP contribution in [0.5, 0.6) is 5.75 Å². The van der Waals surface area contributed by atoms with Gasteiger partial charge in [-0.3, -0.25) is 0 Å². The van der Waals surface area contributed by atoms with Crippen LogP contribution in [0.25, 0.3) is 0 Å². The Morgan fingerprint density at radius 3 is 2.86 bits per heavy atom. The number of hydrogen-bond donors (Lipinski definition) is 1. The zero-order chi connectivity index (χ0) is 18.0. The lowest BCUT2D eigenvalue weighted by Gasteiger charge is -2.34. The molecule has 0 fully saturated rings. The summed E-state index contributed by atoms with van der Waals surface area (Å²) in [6, 6.07) is 14.4. The average Bonchev–Trinajstić information content (AvgIpc) is 2.59. The quantitative estimate of drug-likeness (QED) is 0.895. The number of ether oxygens (including phenoxy) is 1. The summed E-state index contributed by atoms with van der Waals surface area (Å²) in [7, 11) is 1.67. The molecular weight excluding hydrogens is 292 g/mol. The summed E-state index contributed by atoms with van der Waals surface area (Å²) in [5, 5.41) is 2.63. The van der Waals surface area contributed by atoms with Gasteiger partial charge in [0.05, 0.1) is 18.5 Å². The summed E-state index contributed by atoms with van der Waals surface area (Å²) >= 11 is 1.75. The number of methoxy groups -OCH3 is 1. The largest absolute Gasteiger partial charge is 0.497 e. The van der Waals surface area contributed by atoms with Crippen molar-refractivity contribution in [1.29, 1.82) is 0 Å². The zero-order valence-corrected chi connectivity index (χ0v) is 13.6. The van der Waals surface area contributed by atoms with Crippen LogP contribution in [-0.2, 0) is 0 Å². The van der Waals surface area contributed by atoms with Gasteiger partial charge in [-0.25, -0.2) is 0 Å². The normalized spacial score (nSPS) is 16.8. The molecule has 0 aromatic heterocycles. The third-order valence-electron chi connectivity index (χ3n) is 3.78. The van der Waals surface area contributed by atoms with Crippen molar-refractivity contribution < 1.29 is 8.85 Å². The highest BCUT2D eigenvalue weighted by Gasteiger charge is 2.24. The maximum absolute atomic E-state index is 7.32. The molecule has 0 aliphatic carbocycles. The van der Waals surface area contributed by atoms with Gasteiger partial charge in [-0.2, -0.15) is 0 Å². The molecule has 4 heteroatoms. The molecule has 2 aromatic rings. The minimum Gasteiger partial charge on any atom is -0.497 e. The highest BCUT2D eigenvalue weighted by atomic mass is 32.2. The molecule has 0 amide bonds. The molecule has 3 nitrogen and oxygen atoms in total. The summed E-state index contributed by atoms with van der Waals surface area (Å²) in [6.45, 7) is 1.11. The van der Waals surface area contributed by atoms with Gasteiger partial charge in [0.1, 0.15) is 5.75 Å². The number of para-hydroxylation sites is 1. The molecule has 0 saturated heterocycles. The molecule has 0 radical (unpaired) electrons. The lowest BCUT2D eigenvalue weighted by molar-refractivity contribution is 0.414. The molecule has 0 bridgehead atoms. The second-order valence-electron chi connectivity index (χ2n) is 5.50. The summed E-state index contributed by atoms with van der Waals surface area (Å²) < 4.78 is 27.4. The van der Waals surface area contributed by atoms with E-state index in [9.17, 15) is 0 Å². The molecule has 3 rings (SSSR count). The zero-order valence-electron chi connectivity index (χ0n) is 15.8. The standard InChI is InChI=1S/C18H22N2OS/c1-13(11-19-2)12-20-15-6-4-5-7-17(15)22-18-9-8-14(21-3)10-16(18)20/h4-10,13,19H,11-12H2,1-3H3/t13-/m1/s1/i2D3. The van der Waals surface area contributed by atoms with Crippen LogP contribution in [0.4, 0.5) is 11.4 Å². The smallest absolute Gasteiger partial charge is 0.121 e. The number of hydrogen-bond acceptors (Lipinski definition) is 4. The summed E-state index contributed by atoms with van der Waals surface area (Å²) in [4.78, 5) is 4.64. The Labute approximate surface area is 140 Å². The fraction of sp³-hybridized carbons (Fsp3) is 0.333. The number of benzene rings is 2. The number of rotatable bonds is 5. The van der Waals surface area contributed by atoms with E-state index in [1.54, 1.807) is 18.9 Å². The molecule has 0 spiro atoms. The Balaban J connectivity index is 1.89. The molecule has 1 atom stereocenters. The maximum atomic E-state index is 7.32. The highest BCUT2D eigenvalue weighted by Crippen LogP contribution is 2.49. The average molecular weight is 317 g/mol. The first-order valence-corrected chi connectivity index (χ1v) is 8.16. The molecule has 0 unspecified atom stereocenters. The minimum atomic E-state index is -2.11. The van der Waals surface area contributed by atoms with Gasteiger partial charge in [0.25, 0.3) is 0 Å². The van der Waals surface area contributed by atoms with Crippen molar-refractivity contribution in [2.24, 2.45) is 5.92 Å². The van der Waals surface area contributed by atoms with Crippen molar-refractivity contribution in [2.45, 2.75) is 16.7 Å². The molecule has 22 heavy (non-hydrogen) atoms. The van der Waals surface area contributed by atoms with Gasteiger partial charge in [0.15, 0.2) is 0 Å². The topological polar surface area (TPSA) is 24.5 Å². The van der Waals surface area contributed by atoms with Crippen molar-refractivity contribution in [3.8, 4) is 5.75 Å². The highest BCUT2D eigenvalue weighted by molar-refractivity contribution is 7.99. The first kappa shape index (κ1) is 11.9. The first-order valence-electron chi connectivity index (χ1n) is 8.85. The Morgan fingerprint density at radius 1 is 1.23 bits per heavy atom. The van der Waals surface area contributed by atoms with Gasteiger partial charge in [-0.1, -0.05) is 30.8 Å². The van der Waals surface area contributed by atoms with E-state index in [4.69, 9.17) is 8.85 Å². The van der Waals surface area contributed by atoms with Crippen LogP contribution in [-0.4, -0.2) is 27.2 Å². The maximum Gasteiger partial charge on any atom is 0.121 e. The van der Waals surface area contributed by atoms with Crippen molar-refractivity contribution in [3.63, 3.8) is 0 Å². The number of fused-ring (bicyclic) bond motifs is 2. The van der Waals surface area contributed by atoms with Crippen LogP contribution in [0, 0.1) is 5.92 Å². The summed E-state index contributed by atoms with van der Waals surface area (Å²) in [5.74, 6) is 0.979. The van der Waals surface area contributed by atoms with E-state index >= 15 is 0 Å². The summed E-state index contributed by atoms with van der Waals surface area (Å²) in [6.07, 6.45) is 0. The van der Waals surface area contributed by atoms with E-state index in [0.717, 1.165) is 23.7 Å². The van der Waals surface area contributed by atoms with Crippen LogP contribution in [0.15, 0.2) is 52.3 Å². The van der Waals surface area contributed by atoms with Crippen LogP contribution in [0.3, 0.4) is 0 Å². The Kier molecular flexibility index (Phi) is 3.57. The van der Waals surface area contributed by atoms with E-state index in [1.807, 2.05) is 24.3 Å². The molecule has 116 valence electrons. The molecular formula is C18H22N2OS. The van der Waals surface area contributed by atoms with Gasteiger partial charge in [-0.15, -0.1) is 0 Å². The van der Waals surface area contributed by atoms with Crippen LogP contribution in [0.2, 0.25) is 0 Å². The van der Waals surface area contributed by atoms with Crippen molar-refractivity contribution >= 4 is 23.1 Å². The SMILES string of the molecule is [2H]C([2H])([2H])NC[C@@H](C)CN1c2ccccc2Sc2ccc(OC)cc21. The van der Waals surface area contributed by atoms with Gasteiger partial charge in [0, 0.05) is 26.5 Å². The fourth-order valence-electron chi connectivity index (χ4n) is 2.68. The number of nitrogens with zero attached hydrogens (tertiary/aromatic N) is 1. The van der Waals surface area contributed by atoms with E-state index < -0.39 is 6.98 Å². The van der Waals surface area contributed by atoms with E-state index in [-0.39, 0.29) is 5.92 Å². The minimum absolute atomic E-state index is 0.163. The van der Waals surface area contributed by atoms with E-state index in [2.05, 4.69) is 35.3 Å². The molecule has 1 aliphatic heterocycles. The van der Waals surface area contributed by atoms with Crippen molar-refractivity contribution in [3.05, 3.63) is 42.5 Å². The van der Waals surface area contributed by atoms with E-state index in [1.165, 1.54) is 9.79 Å². The Morgan fingerprint density at radius 2 is 2.05 bits per heavy atom. The monoisotopic (exact) mass is 317 g/mol. The van der Waals surface area contributed by atoms with Gasteiger partial charge in [-0.05, 0) is 43.7 Å². The van der Waals surface area contributed by atoms with Crippen LogP contribution < -0.4 is 15.0 Å². The molecule has 0 saturated carbocycles. The van der Waals surface area contributed by atoms with Gasteiger partial charge >= 0.3 is 0 Å². The van der Waals surface area contributed by atoms with Crippen LogP contribution >= 0.6 is 11.8 Å². The van der Waals surface area contributed by atoms with Gasteiger partial charge < -0.3 is 15.0 Å².